The van der Waals surface area contributed by atoms with Crippen molar-refractivity contribution >= 4 is 10.1 Å². The molecule has 0 aromatic heterocycles. The molecule has 1 heterocycles. The van der Waals surface area contributed by atoms with Crippen LogP contribution in [0.25, 0.3) is 0 Å². The summed E-state index contributed by atoms with van der Waals surface area (Å²) in [7, 11) is -4.02. The zero-order valence-corrected chi connectivity index (χ0v) is 11.3. The molecule has 0 amide bonds. The minimum atomic E-state index is -4.02. The van der Waals surface area contributed by atoms with Crippen molar-refractivity contribution in [2.75, 3.05) is 6.54 Å². The van der Waals surface area contributed by atoms with Crippen molar-refractivity contribution in [2.45, 2.75) is 37.3 Å². The van der Waals surface area contributed by atoms with Crippen LogP contribution in [0.5, 0.6) is 0 Å². The summed E-state index contributed by atoms with van der Waals surface area (Å²) in [6.45, 7) is 4.70. The molecule has 2 atom stereocenters. The molecular formula is C12H19NO4S. The highest BCUT2D eigenvalue weighted by atomic mass is 32.2. The van der Waals surface area contributed by atoms with Crippen LogP contribution in [0, 0.1) is 6.92 Å². The zero-order chi connectivity index (χ0) is 13.8. The van der Waals surface area contributed by atoms with Crippen LogP contribution in [-0.2, 0) is 10.1 Å². The van der Waals surface area contributed by atoms with Gasteiger partial charge in [-0.05, 0) is 32.4 Å². The van der Waals surface area contributed by atoms with Crippen LogP contribution >= 0.6 is 0 Å². The summed E-state index contributed by atoms with van der Waals surface area (Å²) in [5, 5.41) is 12.0. The Morgan fingerprint density at radius 3 is 2.11 bits per heavy atom. The lowest BCUT2D eigenvalue weighted by molar-refractivity contribution is 0.194. The van der Waals surface area contributed by atoms with E-state index in [1.165, 1.54) is 12.1 Å². The van der Waals surface area contributed by atoms with Gasteiger partial charge in [0.05, 0.1) is 11.0 Å². The molecule has 2 rings (SSSR count). The summed E-state index contributed by atoms with van der Waals surface area (Å²) in [6.07, 6.45) is 0.829. The Kier molecular flexibility index (Phi) is 5.28. The molecule has 1 aliphatic heterocycles. The summed E-state index contributed by atoms with van der Waals surface area (Å²) < 4.78 is 29.6. The van der Waals surface area contributed by atoms with Crippen LogP contribution in [0.15, 0.2) is 29.2 Å². The van der Waals surface area contributed by atoms with E-state index < -0.39 is 10.1 Å². The van der Waals surface area contributed by atoms with Gasteiger partial charge in [0, 0.05) is 12.6 Å². The first kappa shape index (κ1) is 15.1. The van der Waals surface area contributed by atoms with Crippen molar-refractivity contribution in [1.82, 2.24) is 5.32 Å². The first-order chi connectivity index (χ1) is 8.29. The fourth-order valence-corrected chi connectivity index (χ4v) is 2.10. The van der Waals surface area contributed by atoms with Gasteiger partial charge in [-0.15, -0.1) is 0 Å². The number of hydrogen-bond donors (Lipinski definition) is 3. The lowest BCUT2D eigenvalue weighted by Gasteiger charge is -1.95. The van der Waals surface area contributed by atoms with Crippen molar-refractivity contribution < 1.29 is 18.1 Å². The number of β-amino-alcohol motifs (C(OH)–C–C–N with tert-alkyl or cyclic N) is 1. The first-order valence-electron chi connectivity index (χ1n) is 5.74. The molecule has 1 aliphatic rings. The number of benzene rings is 1. The molecular weight excluding hydrogens is 254 g/mol. The number of rotatable bonds is 1. The van der Waals surface area contributed by atoms with E-state index in [0.29, 0.717) is 6.04 Å². The van der Waals surface area contributed by atoms with Crippen LogP contribution < -0.4 is 5.32 Å². The van der Waals surface area contributed by atoms with E-state index in [4.69, 9.17) is 9.66 Å². The van der Waals surface area contributed by atoms with E-state index in [-0.39, 0.29) is 11.0 Å². The molecule has 102 valence electrons. The summed E-state index contributed by atoms with van der Waals surface area (Å²) in [5.74, 6) is 0. The van der Waals surface area contributed by atoms with E-state index in [9.17, 15) is 8.42 Å². The number of nitrogens with one attached hydrogen (secondary N) is 1. The predicted molar refractivity (Wildman–Crippen MR) is 69.1 cm³/mol. The predicted octanol–water partition coefficient (Wildman–Crippen LogP) is 0.971. The van der Waals surface area contributed by atoms with Crippen molar-refractivity contribution in [2.24, 2.45) is 0 Å². The van der Waals surface area contributed by atoms with Gasteiger partial charge in [0.15, 0.2) is 0 Å². The normalized spacial score (nSPS) is 23.3. The molecule has 5 nitrogen and oxygen atoms in total. The fraction of sp³-hybridized carbons (Fsp3) is 0.500. The van der Waals surface area contributed by atoms with E-state index in [1.807, 2.05) is 6.92 Å². The van der Waals surface area contributed by atoms with Crippen molar-refractivity contribution in [3.05, 3.63) is 29.8 Å². The molecule has 0 bridgehead atoms. The van der Waals surface area contributed by atoms with E-state index in [1.54, 1.807) is 12.1 Å². The number of aliphatic hydroxyl groups excluding tert-OH is 1. The van der Waals surface area contributed by atoms with Gasteiger partial charge in [-0.1, -0.05) is 17.7 Å². The van der Waals surface area contributed by atoms with Gasteiger partial charge in [0.2, 0.25) is 0 Å². The van der Waals surface area contributed by atoms with Gasteiger partial charge in [-0.3, -0.25) is 4.55 Å². The summed E-state index contributed by atoms with van der Waals surface area (Å²) in [4.78, 5) is -0.0666. The highest BCUT2D eigenvalue weighted by Gasteiger charge is 2.16. The second-order valence-electron chi connectivity index (χ2n) is 4.49. The Hall–Kier alpha value is -0.950. The maximum Gasteiger partial charge on any atom is 0.294 e. The molecule has 18 heavy (non-hydrogen) atoms. The number of hydrogen-bond acceptors (Lipinski definition) is 4. The van der Waals surface area contributed by atoms with E-state index >= 15 is 0 Å². The van der Waals surface area contributed by atoms with Gasteiger partial charge in [-0.2, -0.15) is 8.42 Å². The zero-order valence-electron chi connectivity index (χ0n) is 10.5. The Balaban J connectivity index is 0.000000199. The summed E-state index contributed by atoms with van der Waals surface area (Å²) in [6, 6.07) is 6.51. The molecule has 1 fully saturated rings. The Bertz CT molecular complexity index is 461. The SMILES string of the molecule is C[C@H]1C[C@@H](O)CN1.Cc1ccc(S(=O)(=O)O)cc1. The first-order valence-corrected chi connectivity index (χ1v) is 7.18. The molecule has 1 saturated heterocycles. The summed E-state index contributed by atoms with van der Waals surface area (Å²) in [5.41, 5.74) is 0.956. The smallest absolute Gasteiger partial charge is 0.294 e. The van der Waals surface area contributed by atoms with Gasteiger partial charge >= 0.3 is 0 Å². The van der Waals surface area contributed by atoms with Gasteiger partial charge in [-0.25, -0.2) is 0 Å². The lowest BCUT2D eigenvalue weighted by atomic mass is 10.2. The highest BCUT2D eigenvalue weighted by Crippen LogP contribution is 2.08. The molecule has 1 aromatic rings. The van der Waals surface area contributed by atoms with Crippen LogP contribution in [0.1, 0.15) is 18.9 Å². The average Bonchev–Trinajstić information content (AvgIpc) is 2.62. The van der Waals surface area contributed by atoms with Gasteiger partial charge in [0.25, 0.3) is 10.1 Å². The van der Waals surface area contributed by atoms with Crippen molar-refractivity contribution in [1.29, 1.82) is 0 Å². The topological polar surface area (TPSA) is 86.6 Å². The Morgan fingerprint density at radius 2 is 1.83 bits per heavy atom. The third-order valence-electron chi connectivity index (χ3n) is 2.65. The Morgan fingerprint density at radius 1 is 1.28 bits per heavy atom. The third-order valence-corrected chi connectivity index (χ3v) is 3.51. The second-order valence-corrected chi connectivity index (χ2v) is 5.91. The Labute approximate surface area is 108 Å². The number of aliphatic hydroxyl groups is 1. The van der Waals surface area contributed by atoms with Crippen LogP contribution in [0.2, 0.25) is 0 Å². The second kappa shape index (κ2) is 6.29. The van der Waals surface area contributed by atoms with Crippen LogP contribution in [0.4, 0.5) is 0 Å². The molecule has 0 unspecified atom stereocenters. The maximum absolute atomic E-state index is 10.5. The monoisotopic (exact) mass is 273 g/mol. The van der Waals surface area contributed by atoms with E-state index in [0.717, 1.165) is 18.5 Å². The molecule has 3 N–H and O–H groups in total. The standard InChI is InChI=1S/C7H8O3S.C5H11NO/c1-6-2-4-7(5-3-6)11(8,9)10;1-4-2-5(7)3-6-4/h2-5H,1H3,(H,8,9,10);4-7H,2-3H2,1H3/t;4-,5+/m.0/s1. The van der Waals surface area contributed by atoms with Crippen molar-refractivity contribution in [3.63, 3.8) is 0 Å². The average molecular weight is 273 g/mol. The quantitative estimate of drug-likeness (QED) is 0.664. The van der Waals surface area contributed by atoms with E-state index in [2.05, 4.69) is 12.2 Å². The summed E-state index contributed by atoms with van der Waals surface area (Å²) >= 11 is 0. The molecule has 0 aliphatic carbocycles. The minimum absolute atomic E-state index is 0.0666. The molecule has 6 heteroatoms. The van der Waals surface area contributed by atoms with Gasteiger partial charge < -0.3 is 10.4 Å². The minimum Gasteiger partial charge on any atom is -0.392 e. The van der Waals surface area contributed by atoms with Crippen LogP contribution in [-0.4, -0.2) is 36.8 Å². The van der Waals surface area contributed by atoms with Gasteiger partial charge in [0.1, 0.15) is 0 Å². The highest BCUT2D eigenvalue weighted by molar-refractivity contribution is 7.85. The molecule has 0 spiro atoms. The maximum atomic E-state index is 10.5. The fourth-order valence-electron chi connectivity index (χ4n) is 1.62. The molecule has 1 aromatic carbocycles. The number of aryl methyl sites for hydroxylation is 1. The lowest BCUT2D eigenvalue weighted by Crippen LogP contribution is -2.17. The van der Waals surface area contributed by atoms with Crippen LogP contribution in [0.3, 0.4) is 0 Å². The molecule has 0 radical (unpaired) electrons. The molecule has 0 saturated carbocycles. The largest absolute Gasteiger partial charge is 0.392 e. The third kappa shape index (κ3) is 5.14. The van der Waals surface area contributed by atoms with Crippen molar-refractivity contribution in [3.8, 4) is 0 Å².